The quantitative estimate of drug-likeness (QED) is 0.707. The van der Waals surface area contributed by atoms with Crippen LogP contribution in [0.2, 0.25) is 0 Å². The molecule has 0 bridgehead atoms. The number of hydrogen-bond acceptors (Lipinski definition) is 3. The van der Waals surface area contributed by atoms with Crippen molar-refractivity contribution < 1.29 is 13.9 Å². The summed E-state index contributed by atoms with van der Waals surface area (Å²) in [5.41, 5.74) is 0.698. The Hall–Kier alpha value is -1.62. The first-order valence-electron chi connectivity index (χ1n) is 6.50. The molecule has 0 atom stereocenters. The van der Waals surface area contributed by atoms with Gasteiger partial charge in [-0.05, 0) is 19.5 Å². The summed E-state index contributed by atoms with van der Waals surface area (Å²) in [6.07, 6.45) is 1.94. The summed E-state index contributed by atoms with van der Waals surface area (Å²) in [5, 5.41) is 5.66. The molecule has 0 aliphatic rings. The zero-order valence-corrected chi connectivity index (χ0v) is 11.5. The monoisotopic (exact) mass is 268 g/mol. The topological polar surface area (TPSA) is 50.4 Å². The SMILES string of the molecule is CCCCNC(=O)COc1c(F)cccc1CNC. The van der Waals surface area contributed by atoms with E-state index in [1.165, 1.54) is 6.07 Å². The average molecular weight is 268 g/mol. The zero-order chi connectivity index (χ0) is 14.1. The Kier molecular flexibility index (Phi) is 6.89. The van der Waals surface area contributed by atoms with Crippen LogP contribution in [0.15, 0.2) is 18.2 Å². The second-order valence-electron chi connectivity index (χ2n) is 4.25. The van der Waals surface area contributed by atoms with Gasteiger partial charge in [-0.2, -0.15) is 0 Å². The van der Waals surface area contributed by atoms with E-state index < -0.39 is 5.82 Å². The number of benzene rings is 1. The van der Waals surface area contributed by atoms with E-state index >= 15 is 0 Å². The van der Waals surface area contributed by atoms with E-state index in [4.69, 9.17) is 4.74 Å². The Bertz CT molecular complexity index is 410. The molecule has 0 saturated heterocycles. The molecule has 0 aliphatic heterocycles. The number of carbonyl (C=O) groups is 1. The molecule has 0 heterocycles. The lowest BCUT2D eigenvalue weighted by Gasteiger charge is -2.12. The predicted octanol–water partition coefficient (Wildman–Crippen LogP) is 1.84. The minimum Gasteiger partial charge on any atom is -0.480 e. The van der Waals surface area contributed by atoms with Crippen LogP contribution in [-0.4, -0.2) is 26.1 Å². The fourth-order valence-electron chi connectivity index (χ4n) is 1.64. The van der Waals surface area contributed by atoms with E-state index in [9.17, 15) is 9.18 Å². The summed E-state index contributed by atoms with van der Waals surface area (Å²) in [5.74, 6) is -0.538. The van der Waals surface area contributed by atoms with Gasteiger partial charge in [0.2, 0.25) is 0 Å². The Morgan fingerprint density at radius 1 is 1.42 bits per heavy atom. The third kappa shape index (κ3) is 5.26. The summed E-state index contributed by atoms with van der Waals surface area (Å²) < 4.78 is 18.9. The summed E-state index contributed by atoms with van der Waals surface area (Å²) >= 11 is 0. The molecule has 0 fully saturated rings. The van der Waals surface area contributed by atoms with Crippen LogP contribution in [0.25, 0.3) is 0 Å². The predicted molar refractivity (Wildman–Crippen MR) is 72.6 cm³/mol. The van der Waals surface area contributed by atoms with Crippen molar-refractivity contribution in [2.24, 2.45) is 0 Å². The molecule has 0 radical (unpaired) electrons. The molecule has 1 rings (SSSR count). The number of halogens is 1. The highest BCUT2D eigenvalue weighted by molar-refractivity contribution is 5.77. The molecule has 1 amide bonds. The maximum Gasteiger partial charge on any atom is 0.257 e. The molecule has 106 valence electrons. The lowest BCUT2D eigenvalue weighted by molar-refractivity contribution is -0.123. The van der Waals surface area contributed by atoms with E-state index in [1.54, 1.807) is 19.2 Å². The Morgan fingerprint density at radius 3 is 2.89 bits per heavy atom. The van der Waals surface area contributed by atoms with Crippen molar-refractivity contribution in [3.8, 4) is 5.75 Å². The van der Waals surface area contributed by atoms with Gasteiger partial charge < -0.3 is 15.4 Å². The smallest absolute Gasteiger partial charge is 0.257 e. The van der Waals surface area contributed by atoms with Crippen LogP contribution in [0, 0.1) is 5.82 Å². The second kappa shape index (κ2) is 8.48. The van der Waals surface area contributed by atoms with Crippen LogP contribution in [0.1, 0.15) is 25.3 Å². The molecule has 1 aromatic carbocycles. The van der Waals surface area contributed by atoms with Crippen LogP contribution >= 0.6 is 0 Å². The second-order valence-corrected chi connectivity index (χ2v) is 4.25. The summed E-state index contributed by atoms with van der Waals surface area (Å²) in [6, 6.07) is 4.71. The molecule has 1 aromatic rings. The van der Waals surface area contributed by atoms with Crippen molar-refractivity contribution in [3.05, 3.63) is 29.6 Å². The van der Waals surface area contributed by atoms with Crippen LogP contribution in [0.4, 0.5) is 4.39 Å². The third-order valence-corrected chi connectivity index (χ3v) is 2.62. The van der Waals surface area contributed by atoms with Crippen molar-refractivity contribution in [1.29, 1.82) is 0 Å². The van der Waals surface area contributed by atoms with E-state index in [2.05, 4.69) is 10.6 Å². The number of amides is 1. The van der Waals surface area contributed by atoms with Crippen molar-refractivity contribution in [2.75, 3.05) is 20.2 Å². The fourth-order valence-corrected chi connectivity index (χ4v) is 1.64. The van der Waals surface area contributed by atoms with Crippen LogP contribution < -0.4 is 15.4 Å². The lowest BCUT2D eigenvalue weighted by atomic mass is 10.2. The third-order valence-electron chi connectivity index (χ3n) is 2.62. The normalized spacial score (nSPS) is 10.3. The first-order valence-corrected chi connectivity index (χ1v) is 6.50. The lowest BCUT2D eigenvalue weighted by Crippen LogP contribution is -2.30. The number of ether oxygens (including phenoxy) is 1. The van der Waals surface area contributed by atoms with Gasteiger partial charge in [0.25, 0.3) is 5.91 Å². The van der Waals surface area contributed by atoms with E-state index in [-0.39, 0.29) is 18.3 Å². The molecule has 19 heavy (non-hydrogen) atoms. The van der Waals surface area contributed by atoms with E-state index in [0.29, 0.717) is 18.7 Å². The number of nitrogens with one attached hydrogen (secondary N) is 2. The summed E-state index contributed by atoms with van der Waals surface area (Å²) in [7, 11) is 1.77. The fraction of sp³-hybridized carbons (Fsp3) is 0.500. The Balaban J connectivity index is 2.54. The number of carbonyl (C=O) groups excluding carboxylic acids is 1. The molecule has 2 N–H and O–H groups in total. The molecule has 0 spiro atoms. The van der Waals surface area contributed by atoms with Crippen molar-refractivity contribution in [3.63, 3.8) is 0 Å². The van der Waals surface area contributed by atoms with Crippen molar-refractivity contribution >= 4 is 5.91 Å². The van der Waals surface area contributed by atoms with Crippen LogP contribution in [0.5, 0.6) is 5.75 Å². The van der Waals surface area contributed by atoms with Gasteiger partial charge in [-0.1, -0.05) is 25.5 Å². The zero-order valence-electron chi connectivity index (χ0n) is 11.5. The number of rotatable bonds is 8. The minimum absolute atomic E-state index is 0.141. The summed E-state index contributed by atoms with van der Waals surface area (Å²) in [6.45, 7) is 3.00. The highest BCUT2D eigenvalue weighted by Crippen LogP contribution is 2.22. The average Bonchev–Trinajstić information content (AvgIpc) is 2.39. The molecular weight excluding hydrogens is 247 g/mol. The molecular formula is C14H21FN2O2. The number of unbranched alkanes of at least 4 members (excludes halogenated alkanes) is 1. The molecule has 5 heteroatoms. The van der Waals surface area contributed by atoms with Gasteiger partial charge in [-0.3, -0.25) is 4.79 Å². The Morgan fingerprint density at radius 2 is 2.21 bits per heavy atom. The molecule has 0 aliphatic carbocycles. The highest BCUT2D eigenvalue weighted by Gasteiger charge is 2.11. The molecule has 4 nitrogen and oxygen atoms in total. The van der Waals surface area contributed by atoms with Gasteiger partial charge in [-0.15, -0.1) is 0 Å². The first kappa shape index (κ1) is 15.4. The highest BCUT2D eigenvalue weighted by atomic mass is 19.1. The first-order chi connectivity index (χ1) is 9.19. The summed E-state index contributed by atoms with van der Waals surface area (Å²) in [4.78, 5) is 11.5. The van der Waals surface area contributed by atoms with Gasteiger partial charge in [0, 0.05) is 18.7 Å². The van der Waals surface area contributed by atoms with Crippen molar-refractivity contribution in [1.82, 2.24) is 10.6 Å². The number of hydrogen-bond donors (Lipinski definition) is 2. The molecule has 0 unspecified atom stereocenters. The van der Waals surface area contributed by atoms with Crippen LogP contribution in [-0.2, 0) is 11.3 Å². The van der Waals surface area contributed by atoms with Crippen LogP contribution in [0.3, 0.4) is 0 Å². The molecule has 0 aromatic heterocycles. The van der Waals surface area contributed by atoms with E-state index in [0.717, 1.165) is 12.8 Å². The van der Waals surface area contributed by atoms with Gasteiger partial charge in [0.05, 0.1) is 0 Å². The van der Waals surface area contributed by atoms with Gasteiger partial charge in [-0.25, -0.2) is 4.39 Å². The Labute approximate surface area is 113 Å². The standard InChI is InChI=1S/C14H21FN2O2/c1-3-4-8-17-13(18)10-19-14-11(9-16-2)6-5-7-12(14)15/h5-7,16H,3-4,8-10H2,1-2H3,(H,17,18). The maximum atomic E-state index is 13.6. The van der Waals surface area contributed by atoms with E-state index in [1.807, 2.05) is 6.92 Å². The minimum atomic E-state index is -0.450. The van der Waals surface area contributed by atoms with Gasteiger partial charge >= 0.3 is 0 Å². The van der Waals surface area contributed by atoms with Gasteiger partial charge in [0.15, 0.2) is 18.2 Å². The largest absolute Gasteiger partial charge is 0.480 e. The molecule has 0 saturated carbocycles. The van der Waals surface area contributed by atoms with Gasteiger partial charge in [0.1, 0.15) is 0 Å². The number of para-hydroxylation sites is 1. The van der Waals surface area contributed by atoms with Crippen molar-refractivity contribution in [2.45, 2.75) is 26.3 Å². The maximum absolute atomic E-state index is 13.6.